The maximum atomic E-state index is 13.3. The van der Waals surface area contributed by atoms with Gasteiger partial charge < -0.3 is 4.79 Å². The molecule has 0 unspecified atom stereocenters. The Morgan fingerprint density at radius 1 is 1.46 bits per heavy atom. The van der Waals surface area contributed by atoms with Crippen molar-refractivity contribution in [1.29, 1.82) is 0 Å². The summed E-state index contributed by atoms with van der Waals surface area (Å²) in [5, 5.41) is 0.476. The number of benzene rings is 1. The third kappa shape index (κ3) is 1.35. The molecule has 0 aliphatic heterocycles. The number of hydrogen-bond acceptors (Lipinski definition) is 1. The summed E-state index contributed by atoms with van der Waals surface area (Å²) in [5.41, 5.74) is -0.135. The van der Waals surface area contributed by atoms with Gasteiger partial charge in [-0.05, 0) is 31.0 Å². The van der Waals surface area contributed by atoms with Gasteiger partial charge in [-0.3, -0.25) is 0 Å². The van der Waals surface area contributed by atoms with Crippen LogP contribution in [0.5, 0.6) is 0 Å². The second-order valence-electron chi connectivity index (χ2n) is 3.40. The molecule has 68 valence electrons. The molecule has 13 heavy (non-hydrogen) atoms. The molecule has 0 radical (unpaired) electrons. The summed E-state index contributed by atoms with van der Waals surface area (Å²) >= 11 is 5.73. The van der Waals surface area contributed by atoms with Crippen LogP contribution in [0.3, 0.4) is 0 Å². The van der Waals surface area contributed by atoms with E-state index >= 15 is 0 Å². The molecule has 0 N–H and O–H groups in total. The van der Waals surface area contributed by atoms with Crippen molar-refractivity contribution in [2.24, 2.45) is 0 Å². The van der Waals surface area contributed by atoms with Gasteiger partial charge in [-0.2, -0.15) is 0 Å². The molecule has 0 saturated heterocycles. The van der Waals surface area contributed by atoms with E-state index in [-0.39, 0.29) is 5.82 Å². The van der Waals surface area contributed by atoms with Gasteiger partial charge in [0.25, 0.3) is 0 Å². The lowest BCUT2D eigenvalue weighted by atomic mass is 9.97. The van der Waals surface area contributed by atoms with E-state index in [9.17, 15) is 9.18 Å². The van der Waals surface area contributed by atoms with E-state index in [4.69, 9.17) is 11.6 Å². The Labute approximate surface area is 80.5 Å². The molecule has 1 nitrogen and oxygen atoms in total. The molecule has 1 aliphatic rings. The van der Waals surface area contributed by atoms with Gasteiger partial charge in [0.15, 0.2) is 0 Å². The van der Waals surface area contributed by atoms with Crippen molar-refractivity contribution in [3.8, 4) is 0 Å². The molecule has 0 aromatic heterocycles. The average Bonchev–Trinajstić information content (AvgIpc) is 2.90. The Morgan fingerprint density at radius 2 is 2.15 bits per heavy atom. The van der Waals surface area contributed by atoms with Crippen LogP contribution in [0.25, 0.3) is 0 Å². The first-order valence-corrected chi connectivity index (χ1v) is 4.48. The zero-order chi connectivity index (χ0) is 9.47. The lowest BCUT2D eigenvalue weighted by Gasteiger charge is -2.08. The number of halogens is 2. The van der Waals surface area contributed by atoms with Gasteiger partial charge >= 0.3 is 0 Å². The van der Waals surface area contributed by atoms with Crippen LogP contribution in [-0.4, -0.2) is 6.29 Å². The number of carbonyl (C=O) groups is 1. The number of aldehydes is 1. The minimum atomic E-state index is -0.574. The summed E-state index contributed by atoms with van der Waals surface area (Å²) in [4.78, 5) is 10.7. The fourth-order valence-corrected chi connectivity index (χ4v) is 1.64. The molecule has 1 saturated carbocycles. The fourth-order valence-electron chi connectivity index (χ4n) is 1.46. The maximum absolute atomic E-state index is 13.3. The largest absolute Gasteiger partial charge is 0.302 e. The van der Waals surface area contributed by atoms with Crippen LogP contribution in [0.15, 0.2) is 18.2 Å². The summed E-state index contributed by atoms with van der Waals surface area (Å²) in [5.74, 6) is -0.339. The van der Waals surface area contributed by atoms with E-state index in [2.05, 4.69) is 0 Å². The molecule has 1 aromatic carbocycles. The van der Waals surface area contributed by atoms with Crippen LogP contribution in [0.4, 0.5) is 4.39 Å². The highest BCUT2D eigenvalue weighted by atomic mass is 35.5. The van der Waals surface area contributed by atoms with Gasteiger partial charge in [-0.15, -0.1) is 0 Å². The quantitative estimate of drug-likeness (QED) is 0.668. The minimum Gasteiger partial charge on any atom is -0.302 e. The molecule has 2 rings (SSSR count). The van der Waals surface area contributed by atoms with Crippen LogP contribution < -0.4 is 0 Å². The Kier molecular flexibility index (Phi) is 1.88. The maximum Gasteiger partial charge on any atom is 0.130 e. The highest BCUT2D eigenvalue weighted by Gasteiger charge is 2.46. The summed E-state index contributed by atoms with van der Waals surface area (Å²) in [7, 11) is 0. The van der Waals surface area contributed by atoms with E-state index in [1.54, 1.807) is 0 Å². The molecule has 1 aliphatic carbocycles. The molecule has 3 heteroatoms. The first kappa shape index (κ1) is 8.70. The standard InChI is InChI=1S/C10H8ClFO/c11-7-1-2-9(12)8(5-7)10(6-13)3-4-10/h1-2,5-6H,3-4H2. The summed E-state index contributed by atoms with van der Waals surface area (Å²) < 4.78 is 13.3. The molecule has 0 heterocycles. The molecule has 1 aromatic rings. The third-order valence-corrected chi connectivity index (χ3v) is 2.71. The molecule has 0 atom stereocenters. The second-order valence-corrected chi connectivity index (χ2v) is 3.83. The molecule has 0 amide bonds. The number of hydrogen-bond donors (Lipinski definition) is 0. The van der Waals surface area contributed by atoms with Gasteiger partial charge in [0.1, 0.15) is 12.1 Å². The monoisotopic (exact) mass is 198 g/mol. The van der Waals surface area contributed by atoms with E-state index in [1.807, 2.05) is 0 Å². The topological polar surface area (TPSA) is 17.1 Å². The first-order chi connectivity index (χ1) is 6.18. The van der Waals surface area contributed by atoms with Gasteiger partial charge in [0.2, 0.25) is 0 Å². The SMILES string of the molecule is O=CC1(c2cc(Cl)ccc2F)CC1. The Bertz CT molecular complexity index is 358. The van der Waals surface area contributed by atoms with Gasteiger partial charge in [0, 0.05) is 10.6 Å². The summed E-state index contributed by atoms with van der Waals surface area (Å²) in [6.07, 6.45) is 2.28. The number of carbonyl (C=O) groups excluding carboxylic acids is 1. The Balaban J connectivity index is 2.50. The highest BCUT2D eigenvalue weighted by molar-refractivity contribution is 6.30. The molecule has 0 bridgehead atoms. The fraction of sp³-hybridized carbons (Fsp3) is 0.300. The van der Waals surface area contributed by atoms with Crippen molar-refractivity contribution in [2.45, 2.75) is 18.3 Å². The lowest BCUT2D eigenvalue weighted by Crippen LogP contribution is -2.10. The lowest BCUT2D eigenvalue weighted by molar-refractivity contribution is -0.109. The van der Waals surface area contributed by atoms with E-state index in [0.29, 0.717) is 10.6 Å². The van der Waals surface area contributed by atoms with Crippen LogP contribution in [0.2, 0.25) is 5.02 Å². The molecule has 1 fully saturated rings. The van der Waals surface area contributed by atoms with Crippen LogP contribution in [0.1, 0.15) is 18.4 Å². The van der Waals surface area contributed by atoms with Crippen molar-refractivity contribution >= 4 is 17.9 Å². The van der Waals surface area contributed by atoms with Gasteiger partial charge in [-0.1, -0.05) is 11.6 Å². The molecule has 0 spiro atoms. The van der Waals surface area contributed by atoms with Crippen molar-refractivity contribution < 1.29 is 9.18 Å². The first-order valence-electron chi connectivity index (χ1n) is 4.10. The number of rotatable bonds is 2. The predicted molar refractivity (Wildman–Crippen MR) is 48.4 cm³/mol. The van der Waals surface area contributed by atoms with Crippen LogP contribution in [0, 0.1) is 5.82 Å². The highest BCUT2D eigenvalue weighted by Crippen LogP contribution is 2.47. The van der Waals surface area contributed by atoms with Gasteiger partial charge in [0.05, 0.1) is 5.41 Å². The Hall–Kier alpha value is -0.890. The van der Waals surface area contributed by atoms with Crippen molar-refractivity contribution in [3.63, 3.8) is 0 Å². The normalized spacial score (nSPS) is 18.3. The van der Waals surface area contributed by atoms with Crippen molar-refractivity contribution in [2.75, 3.05) is 0 Å². The van der Waals surface area contributed by atoms with E-state index in [0.717, 1.165) is 19.1 Å². The second kappa shape index (κ2) is 2.81. The zero-order valence-corrected chi connectivity index (χ0v) is 7.64. The van der Waals surface area contributed by atoms with Crippen LogP contribution >= 0.6 is 11.6 Å². The zero-order valence-electron chi connectivity index (χ0n) is 6.89. The minimum absolute atomic E-state index is 0.339. The summed E-state index contributed by atoms with van der Waals surface area (Å²) in [6.45, 7) is 0. The van der Waals surface area contributed by atoms with Gasteiger partial charge in [-0.25, -0.2) is 4.39 Å². The summed E-state index contributed by atoms with van der Waals surface area (Å²) in [6, 6.07) is 4.33. The smallest absolute Gasteiger partial charge is 0.130 e. The Morgan fingerprint density at radius 3 is 2.69 bits per heavy atom. The third-order valence-electron chi connectivity index (χ3n) is 2.48. The van der Waals surface area contributed by atoms with Crippen LogP contribution in [-0.2, 0) is 10.2 Å². The predicted octanol–water partition coefficient (Wildman–Crippen LogP) is 2.71. The van der Waals surface area contributed by atoms with Crippen molar-refractivity contribution in [3.05, 3.63) is 34.6 Å². The van der Waals surface area contributed by atoms with E-state index in [1.165, 1.54) is 18.2 Å². The van der Waals surface area contributed by atoms with E-state index < -0.39 is 5.41 Å². The van der Waals surface area contributed by atoms with Crippen molar-refractivity contribution in [1.82, 2.24) is 0 Å². The molecular weight excluding hydrogens is 191 g/mol. The average molecular weight is 199 g/mol. The molecular formula is C10H8ClFO.